The normalized spacial score (nSPS) is 27.2. The van der Waals surface area contributed by atoms with E-state index in [0.717, 1.165) is 37.1 Å². The molecule has 0 aromatic heterocycles. The molecule has 1 aliphatic carbocycles. The van der Waals surface area contributed by atoms with Crippen molar-refractivity contribution in [1.82, 2.24) is 15.5 Å². The van der Waals surface area contributed by atoms with Gasteiger partial charge in [-0.2, -0.15) is 0 Å². The second kappa shape index (κ2) is 8.01. The molecule has 3 amide bonds. The molecule has 0 bridgehead atoms. The van der Waals surface area contributed by atoms with E-state index in [9.17, 15) is 14.4 Å². The van der Waals surface area contributed by atoms with Crippen molar-refractivity contribution in [3.8, 4) is 0 Å². The molecule has 2 heterocycles. The third-order valence-electron chi connectivity index (χ3n) is 6.38. The van der Waals surface area contributed by atoms with Crippen LogP contribution in [0.2, 0.25) is 0 Å². The maximum Gasteiger partial charge on any atom is 0.255 e. The summed E-state index contributed by atoms with van der Waals surface area (Å²) in [6.07, 6.45) is 5.31. The number of nitrogens with zero attached hydrogens (tertiary/aromatic N) is 1. The van der Waals surface area contributed by atoms with E-state index in [-0.39, 0.29) is 24.1 Å². The third-order valence-corrected chi connectivity index (χ3v) is 6.38. The van der Waals surface area contributed by atoms with Crippen molar-refractivity contribution in [2.45, 2.75) is 63.7 Å². The van der Waals surface area contributed by atoms with Crippen molar-refractivity contribution in [3.05, 3.63) is 34.9 Å². The lowest BCUT2D eigenvalue weighted by Crippen LogP contribution is -2.52. The van der Waals surface area contributed by atoms with Gasteiger partial charge in [-0.3, -0.25) is 19.7 Å². The number of rotatable bonds is 6. The van der Waals surface area contributed by atoms with Gasteiger partial charge in [0.1, 0.15) is 6.04 Å². The topological polar surface area (TPSA) is 105 Å². The van der Waals surface area contributed by atoms with Crippen LogP contribution in [0.1, 0.15) is 60.0 Å². The monoisotopic (exact) mass is 384 g/mol. The molecular formula is C21H28N4O3. The lowest BCUT2D eigenvalue weighted by atomic mass is 10.0. The lowest BCUT2D eigenvalue weighted by Gasteiger charge is -2.29. The number of carbonyl (C=O) groups excluding carboxylic acids is 3. The molecular weight excluding hydrogens is 356 g/mol. The first kappa shape index (κ1) is 19.1. The SMILES string of the molecule is NCCC1CCC(NCc2cccc3c2CN(C2CCC(=O)NC2=O)C3=O)C1. The van der Waals surface area contributed by atoms with Crippen LogP contribution in [-0.2, 0) is 22.7 Å². The van der Waals surface area contributed by atoms with Gasteiger partial charge < -0.3 is 16.0 Å². The molecule has 3 aliphatic rings. The predicted molar refractivity (Wildman–Crippen MR) is 104 cm³/mol. The van der Waals surface area contributed by atoms with Crippen molar-refractivity contribution in [1.29, 1.82) is 0 Å². The van der Waals surface area contributed by atoms with E-state index in [1.807, 2.05) is 12.1 Å². The summed E-state index contributed by atoms with van der Waals surface area (Å²) >= 11 is 0. The van der Waals surface area contributed by atoms with E-state index in [2.05, 4.69) is 16.7 Å². The van der Waals surface area contributed by atoms with Gasteiger partial charge in [-0.1, -0.05) is 12.1 Å². The molecule has 4 N–H and O–H groups in total. The van der Waals surface area contributed by atoms with Crippen LogP contribution in [-0.4, -0.2) is 41.2 Å². The Bertz CT molecular complexity index is 794. The quantitative estimate of drug-likeness (QED) is 0.636. The molecule has 4 rings (SSSR count). The number of carbonyl (C=O) groups is 3. The Morgan fingerprint density at radius 3 is 2.82 bits per heavy atom. The van der Waals surface area contributed by atoms with E-state index < -0.39 is 6.04 Å². The maximum absolute atomic E-state index is 12.9. The Kier molecular flexibility index (Phi) is 5.46. The highest BCUT2D eigenvalue weighted by atomic mass is 16.2. The van der Waals surface area contributed by atoms with Crippen LogP contribution in [0.3, 0.4) is 0 Å². The average molecular weight is 384 g/mol. The molecule has 1 saturated carbocycles. The predicted octanol–water partition coefficient (Wildman–Crippen LogP) is 1.05. The average Bonchev–Trinajstić information content (AvgIpc) is 3.26. The number of hydrogen-bond acceptors (Lipinski definition) is 5. The molecule has 7 nitrogen and oxygen atoms in total. The van der Waals surface area contributed by atoms with E-state index in [1.54, 1.807) is 4.90 Å². The highest BCUT2D eigenvalue weighted by Crippen LogP contribution is 2.31. The minimum atomic E-state index is -0.565. The zero-order valence-corrected chi connectivity index (χ0v) is 16.1. The van der Waals surface area contributed by atoms with Gasteiger partial charge in [-0.25, -0.2) is 0 Å². The van der Waals surface area contributed by atoms with E-state index >= 15 is 0 Å². The van der Waals surface area contributed by atoms with Crippen molar-refractivity contribution < 1.29 is 14.4 Å². The minimum absolute atomic E-state index is 0.116. The molecule has 150 valence electrons. The number of imide groups is 1. The fraction of sp³-hybridized carbons (Fsp3) is 0.571. The van der Waals surface area contributed by atoms with E-state index in [0.29, 0.717) is 30.5 Å². The zero-order valence-electron chi connectivity index (χ0n) is 16.1. The molecule has 3 atom stereocenters. The molecule has 7 heteroatoms. The van der Waals surface area contributed by atoms with Gasteiger partial charge in [-0.05, 0) is 61.8 Å². The Balaban J connectivity index is 1.43. The highest BCUT2D eigenvalue weighted by Gasteiger charge is 2.39. The lowest BCUT2D eigenvalue weighted by molar-refractivity contribution is -0.136. The number of benzene rings is 1. The summed E-state index contributed by atoms with van der Waals surface area (Å²) in [5, 5.41) is 6.00. The summed E-state index contributed by atoms with van der Waals surface area (Å²) in [6, 6.07) is 5.73. The second-order valence-corrected chi connectivity index (χ2v) is 8.18. The largest absolute Gasteiger partial charge is 0.330 e. The molecule has 2 fully saturated rings. The van der Waals surface area contributed by atoms with Crippen LogP contribution in [0, 0.1) is 5.92 Å². The summed E-state index contributed by atoms with van der Waals surface area (Å²) in [6.45, 7) is 1.90. The molecule has 28 heavy (non-hydrogen) atoms. The van der Waals surface area contributed by atoms with Gasteiger partial charge in [0.25, 0.3) is 5.91 Å². The van der Waals surface area contributed by atoms with E-state index in [1.165, 1.54) is 12.8 Å². The third kappa shape index (κ3) is 3.69. The van der Waals surface area contributed by atoms with Crippen LogP contribution in [0.4, 0.5) is 0 Å². The number of amides is 3. The van der Waals surface area contributed by atoms with Gasteiger partial charge in [0, 0.05) is 31.1 Å². The van der Waals surface area contributed by atoms with Crippen molar-refractivity contribution in [2.24, 2.45) is 11.7 Å². The van der Waals surface area contributed by atoms with Gasteiger partial charge >= 0.3 is 0 Å². The molecule has 1 saturated heterocycles. The summed E-state index contributed by atoms with van der Waals surface area (Å²) in [4.78, 5) is 38.1. The van der Waals surface area contributed by atoms with Crippen LogP contribution >= 0.6 is 0 Å². The van der Waals surface area contributed by atoms with Gasteiger partial charge in [0.05, 0.1) is 0 Å². The minimum Gasteiger partial charge on any atom is -0.330 e. The number of hydrogen-bond donors (Lipinski definition) is 3. The van der Waals surface area contributed by atoms with Gasteiger partial charge in [0.2, 0.25) is 11.8 Å². The Hall–Kier alpha value is -2.25. The Labute approximate surface area is 165 Å². The number of nitrogens with one attached hydrogen (secondary N) is 2. The number of nitrogens with two attached hydrogens (primary N) is 1. The zero-order chi connectivity index (χ0) is 19.7. The van der Waals surface area contributed by atoms with Gasteiger partial charge in [-0.15, -0.1) is 0 Å². The Morgan fingerprint density at radius 1 is 1.18 bits per heavy atom. The second-order valence-electron chi connectivity index (χ2n) is 8.18. The smallest absolute Gasteiger partial charge is 0.255 e. The first-order chi connectivity index (χ1) is 13.6. The van der Waals surface area contributed by atoms with Crippen LogP contribution < -0.4 is 16.4 Å². The molecule has 1 aromatic carbocycles. The van der Waals surface area contributed by atoms with Crippen LogP contribution in [0.15, 0.2) is 18.2 Å². The number of piperidine rings is 1. The molecule has 2 aliphatic heterocycles. The first-order valence-corrected chi connectivity index (χ1v) is 10.3. The summed E-state index contributed by atoms with van der Waals surface area (Å²) in [5.41, 5.74) is 8.47. The van der Waals surface area contributed by atoms with Crippen LogP contribution in [0.5, 0.6) is 0 Å². The molecule has 0 spiro atoms. The van der Waals surface area contributed by atoms with Crippen molar-refractivity contribution >= 4 is 17.7 Å². The van der Waals surface area contributed by atoms with E-state index in [4.69, 9.17) is 5.73 Å². The molecule has 3 unspecified atom stereocenters. The van der Waals surface area contributed by atoms with Crippen molar-refractivity contribution in [2.75, 3.05) is 6.54 Å². The summed E-state index contributed by atoms with van der Waals surface area (Å²) in [5.74, 6) is -0.0300. The number of fused-ring (bicyclic) bond motifs is 1. The Morgan fingerprint density at radius 2 is 2.04 bits per heavy atom. The highest BCUT2D eigenvalue weighted by molar-refractivity contribution is 6.05. The van der Waals surface area contributed by atoms with Gasteiger partial charge in [0.15, 0.2) is 0 Å². The fourth-order valence-corrected chi connectivity index (χ4v) is 4.83. The summed E-state index contributed by atoms with van der Waals surface area (Å²) in [7, 11) is 0. The fourth-order valence-electron chi connectivity index (χ4n) is 4.83. The van der Waals surface area contributed by atoms with Crippen molar-refractivity contribution in [3.63, 3.8) is 0 Å². The standard InChI is InChI=1S/C21H28N4O3/c22-9-8-13-4-5-15(10-13)23-11-14-2-1-3-16-17(14)12-25(21(16)28)18-6-7-19(26)24-20(18)27/h1-3,13,15,18,23H,4-12,22H2,(H,24,26,27). The maximum atomic E-state index is 12.9. The summed E-state index contributed by atoms with van der Waals surface area (Å²) < 4.78 is 0. The molecule has 0 radical (unpaired) electrons. The molecule has 1 aromatic rings. The van der Waals surface area contributed by atoms with Crippen LogP contribution in [0.25, 0.3) is 0 Å². The first-order valence-electron chi connectivity index (χ1n) is 10.3.